The van der Waals surface area contributed by atoms with Crippen molar-refractivity contribution >= 4 is 11.7 Å². The zero-order valence-corrected chi connectivity index (χ0v) is 17.0. The number of hydrogen-bond donors (Lipinski definition) is 2. The number of nitrogens with one attached hydrogen (secondary N) is 1. The number of carbonyl (C=O) groups is 1. The highest BCUT2D eigenvalue weighted by molar-refractivity contribution is 5.91. The van der Waals surface area contributed by atoms with Crippen LogP contribution in [-0.4, -0.2) is 78.6 Å². The lowest BCUT2D eigenvalue weighted by atomic mass is 10.1. The second-order valence-electron chi connectivity index (χ2n) is 7.86. The third-order valence-corrected chi connectivity index (χ3v) is 5.38. The van der Waals surface area contributed by atoms with Crippen molar-refractivity contribution in [3.8, 4) is 5.75 Å². The fraction of sp³-hybridized carbons (Fsp3) is 0.667. The first-order valence-corrected chi connectivity index (χ1v) is 10.3. The van der Waals surface area contributed by atoms with Crippen molar-refractivity contribution in [2.45, 2.75) is 51.4 Å². The van der Waals surface area contributed by atoms with Gasteiger partial charge in [-0.15, -0.1) is 0 Å². The van der Waals surface area contributed by atoms with Crippen LogP contribution in [0.2, 0.25) is 0 Å². The van der Waals surface area contributed by atoms with Gasteiger partial charge >= 0.3 is 6.03 Å². The number of nitrogens with zero attached hydrogens (tertiary/aromatic N) is 2. The first-order valence-electron chi connectivity index (χ1n) is 10.3. The number of urea groups is 1. The van der Waals surface area contributed by atoms with Gasteiger partial charge < -0.3 is 24.8 Å². The van der Waals surface area contributed by atoms with E-state index in [9.17, 15) is 9.90 Å². The van der Waals surface area contributed by atoms with Gasteiger partial charge in [-0.3, -0.25) is 4.90 Å². The molecule has 2 saturated heterocycles. The number of benzene rings is 1. The molecule has 0 radical (unpaired) electrons. The zero-order valence-electron chi connectivity index (χ0n) is 17.0. The van der Waals surface area contributed by atoms with Gasteiger partial charge in [-0.2, -0.15) is 0 Å². The third kappa shape index (κ3) is 5.83. The molecule has 7 heteroatoms. The maximum atomic E-state index is 12.8. The lowest BCUT2D eigenvalue weighted by molar-refractivity contribution is -0.0109. The fourth-order valence-electron chi connectivity index (χ4n) is 3.80. The first-order chi connectivity index (χ1) is 13.5. The molecule has 2 N–H and O–H groups in total. The molecule has 2 heterocycles. The number of para-hydroxylation sites is 2. The van der Waals surface area contributed by atoms with Gasteiger partial charge in [0.05, 0.1) is 17.9 Å². The van der Waals surface area contributed by atoms with E-state index >= 15 is 0 Å². The molecule has 3 rings (SSSR count). The number of piperazine rings is 1. The van der Waals surface area contributed by atoms with Crippen molar-refractivity contribution in [2.24, 2.45) is 0 Å². The summed E-state index contributed by atoms with van der Waals surface area (Å²) in [5.74, 6) is 0.672. The molecule has 2 aliphatic heterocycles. The SMILES string of the molecule is C[C@H](O)CN1CCN(C(=O)Nc2ccccc2OC[C@H]2CCCCO2)C[C@@H]1C. The van der Waals surface area contributed by atoms with Crippen LogP contribution in [0.15, 0.2) is 24.3 Å². The molecule has 0 aromatic heterocycles. The van der Waals surface area contributed by atoms with E-state index in [0.29, 0.717) is 37.7 Å². The minimum absolute atomic E-state index is 0.117. The average Bonchev–Trinajstić information content (AvgIpc) is 2.69. The average molecular weight is 392 g/mol. The van der Waals surface area contributed by atoms with Crippen molar-refractivity contribution in [1.82, 2.24) is 9.80 Å². The van der Waals surface area contributed by atoms with E-state index in [1.807, 2.05) is 29.2 Å². The standard InChI is InChI=1S/C21H33N3O4/c1-16-13-24(11-10-23(16)14-17(2)25)21(26)22-19-8-3-4-9-20(19)28-15-18-7-5-6-12-27-18/h3-4,8-9,16-18,25H,5-7,10-15H2,1-2H3,(H,22,26)/t16-,17-,18+/m0/s1. The van der Waals surface area contributed by atoms with Crippen molar-refractivity contribution in [1.29, 1.82) is 0 Å². The molecule has 2 aliphatic rings. The van der Waals surface area contributed by atoms with Crippen LogP contribution in [0.4, 0.5) is 10.5 Å². The van der Waals surface area contributed by atoms with Crippen LogP contribution < -0.4 is 10.1 Å². The van der Waals surface area contributed by atoms with Crippen molar-refractivity contribution in [3.05, 3.63) is 24.3 Å². The summed E-state index contributed by atoms with van der Waals surface area (Å²) in [5.41, 5.74) is 0.683. The Labute approximate surface area is 167 Å². The van der Waals surface area contributed by atoms with Gasteiger partial charge in [0.2, 0.25) is 0 Å². The van der Waals surface area contributed by atoms with E-state index in [4.69, 9.17) is 9.47 Å². The highest BCUT2D eigenvalue weighted by Gasteiger charge is 2.27. The lowest BCUT2D eigenvalue weighted by Crippen LogP contribution is -2.55. The molecule has 2 amide bonds. The van der Waals surface area contributed by atoms with Crippen molar-refractivity contribution in [3.63, 3.8) is 0 Å². The zero-order chi connectivity index (χ0) is 19.9. The second kappa shape index (κ2) is 10.1. The minimum Gasteiger partial charge on any atom is -0.489 e. The Morgan fingerprint density at radius 1 is 1.36 bits per heavy atom. The van der Waals surface area contributed by atoms with E-state index < -0.39 is 0 Å². The Hall–Kier alpha value is -1.83. The molecular weight excluding hydrogens is 358 g/mol. The maximum Gasteiger partial charge on any atom is 0.322 e. The highest BCUT2D eigenvalue weighted by atomic mass is 16.5. The number of ether oxygens (including phenoxy) is 2. The predicted molar refractivity (Wildman–Crippen MR) is 109 cm³/mol. The summed E-state index contributed by atoms with van der Waals surface area (Å²) in [6.45, 7) is 7.85. The topological polar surface area (TPSA) is 74.3 Å². The van der Waals surface area contributed by atoms with Crippen LogP contribution in [-0.2, 0) is 4.74 Å². The Kier molecular flexibility index (Phi) is 7.53. The molecule has 2 fully saturated rings. The van der Waals surface area contributed by atoms with Gasteiger partial charge in [0.1, 0.15) is 12.4 Å². The number of aliphatic hydroxyl groups excluding tert-OH is 1. The van der Waals surface area contributed by atoms with Gasteiger partial charge in [0, 0.05) is 38.8 Å². The monoisotopic (exact) mass is 391 g/mol. The first kappa shape index (κ1) is 20.9. The van der Waals surface area contributed by atoms with E-state index in [0.717, 1.165) is 26.0 Å². The number of amides is 2. The molecule has 0 saturated carbocycles. The molecule has 1 aromatic rings. The Bertz CT molecular complexity index is 634. The summed E-state index contributed by atoms with van der Waals surface area (Å²) in [4.78, 5) is 16.8. The van der Waals surface area contributed by atoms with Crippen LogP contribution in [0.3, 0.4) is 0 Å². The molecule has 0 spiro atoms. The summed E-state index contributed by atoms with van der Waals surface area (Å²) < 4.78 is 11.7. The summed E-state index contributed by atoms with van der Waals surface area (Å²) in [6, 6.07) is 7.63. The molecule has 1 aromatic carbocycles. The Morgan fingerprint density at radius 3 is 2.89 bits per heavy atom. The quantitative estimate of drug-likeness (QED) is 0.780. The maximum absolute atomic E-state index is 12.8. The van der Waals surface area contributed by atoms with Gasteiger partial charge in [0.15, 0.2) is 0 Å². The van der Waals surface area contributed by atoms with E-state index in [2.05, 4.69) is 17.1 Å². The second-order valence-corrected chi connectivity index (χ2v) is 7.86. The highest BCUT2D eigenvalue weighted by Crippen LogP contribution is 2.25. The van der Waals surface area contributed by atoms with E-state index in [1.54, 1.807) is 6.92 Å². The molecule has 0 aliphatic carbocycles. The summed E-state index contributed by atoms with van der Waals surface area (Å²) in [6.07, 6.45) is 3.07. The van der Waals surface area contributed by atoms with Gasteiger partial charge in [-0.25, -0.2) is 4.79 Å². The molecule has 3 atom stereocenters. The minimum atomic E-state index is -0.361. The normalized spacial score (nSPS) is 24.6. The van der Waals surface area contributed by atoms with Gasteiger partial charge in [-0.1, -0.05) is 12.1 Å². The third-order valence-electron chi connectivity index (χ3n) is 5.38. The fourth-order valence-corrected chi connectivity index (χ4v) is 3.80. The number of anilines is 1. The van der Waals surface area contributed by atoms with Crippen LogP contribution >= 0.6 is 0 Å². The van der Waals surface area contributed by atoms with Crippen LogP contribution in [0.25, 0.3) is 0 Å². The number of carbonyl (C=O) groups excluding carboxylic acids is 1. The molecular formula is C21H33N3O4. The van der Waals surface area contributed by atoms with Gasteiger partial charge in [0.25, 0.3) is 0 Å². The summed E-state index contributed by atoms with van der Waals surface area (Å²) >= 11 is 0. The van der Waals surface area contributed by atoms with E-state index in [1.165, 1.54) is 6.42 Å². The Balaban J connectivity index is 1.54. The van der Waals surface area contributed by atoms with Crippen LogP contribution in [0.5, 0.6) is 5.75 Å². The number of hydrogen-bond acceptors (Lipinski definition) is 5. The Morgan fingerprint density at radius 2 is 2.18 bits per heavy atom. The summed E-state index contributed by atoms with van der Waals surface area (Å²) in [5, 5.41) is 12.6. The van der Waals surface area contributed by atoms with Crippen molar-refractivity contribution in [2.75, 3.05) is 44.7 Å². The number of rotatable bonds is 6. The molecule has 156 valence electrons. The number of β-amino-alcohol motifs (C(OH)–C–C–N with tert-alkyl or cyclic N) is 1. The number of aliphatic hydroxyl groups is 1. The molecule has 0 bridgehead atoms. The van der Waals surface area contributed by atoms with Crippen LogP contribution in [0.1, 0.15) is 33.1 Å². The molecule has 7 nitrogen and oxygen atoms in total. The predicted octanol–water partition coefficient (Wildman–Crippen LogP) is 2.55. The van der Waals surface area contributed by atoms with Crippen LogP contribution in [0, 0.1) is 0 Å². The van der Waals surface area contributed by atoms with E-state index in [-0.39, 0.29) is 24.3 Å². The smallest absolute Gasteiger partial charge is 0.322 e. The summed E-state index contributed by atoms with van der Waals surface area (Å²) in [7, 11) is 0. The van der Waals surface area contributed by atoms with Crippen molar-refractivity contribution < 1.29 is 19.4 Å². The van der Waals surface area contributed by atoms with Gasteiger partial charge in [-0.05, 0) is 45.2 Å². The molecule has 28 heavy (non-hydrogen) atoms. The largest absolute Gasteiger partial charge is 0.489 e. The lowest BCUT2D eigenvalue weighted by Gasteiger charge is -2.40. The molecule has 0 unspecified atom stereocenters.